The average molecular weight is 304 g/mol. The Hall–Kier alpha value is -1.62. The maximum atomic E-state index is 12.9. The van der Waals surface area contributed by atoms with Crippen LogP contribution in [0.25, 0.3) is 6.08 Å². The van der Waals surface area contributed by atoms with Crippen molar-refractivity contribution >= 4 is 28.9 Å². The highest BCUT2D eigenvalue weighted by Crippen LogP contribution is 2.32. The molecule has 0 spiro atoms. The summed E-state index contributed by atoms with van der Waals surface area (Å²) in [4.78, 5) is 19.0. The van der Waals surface area contributed by atoms with Crippen molar-refractivity contribution in [1.82, 2.24) is 4.90 Å². The van der Waals surface area contributed by atoms with Crippen LogP contribution in [0.2, 0.25) is 0 Å². The highest BCUT2D eigenvalue weighted by atomic mass is 32.2. The molecule has 0 N–H and O–H groups in total. The number of halogens is 1. The van der Waals surface area contributed by atoms with Crippen molar-refractivity contribution in [3.8, 4) is 0 Å². The van der Waals surface area contributed by atoms with Crippen LogP contribution in [0.4, 0.5) is 4.39 Å². The minimum absolute atomic E-state index is 0.197. The van der Waals surface area contributed by atoms with E-state index in [4.69, 9.17) is 0 Å². The first-order valence-corrected chi connectivity index (χ1v) is 7.96. The van der Waals surface area contributed by atoms with Crippen LogP contribution < -0.4 is 0 Å². The topological polar surface area (TPSA) is 32.7 Å². The molecule has 3 nitrogen and oxygen atoms in total. The Morgan fingerprint density at radius 3 is 2.86 bits per heavy atom. The predicted octanol–water partition coefficient (Wildman–Crippen LogP) is 3.53. The number of carbonyl (C=O) groups excluding carboxylic acids is 1. The summed E-state index contributed by atoms with van der Waals surface area (Å²) in [5.74, 6) is 0.168. The van der Waals surface area contributed by atoms with E-state index in [2.05, 4.69) is 16.8 Å². The molecule has 0 bridgehead atoms. The molecular weight excluding hydrogens is 287 g/mol. The van der Waals surface area contributed by atoms with Gasteiger partial charge in [-0.25, -0.2) is 4.39 Å². The summed E-state index contributed by atoms with van der Waals surface area (Å²) in [5, 5.41) is 0.805. The number of hydrogen-bond acceptors (Lipinski definition) is 3. The van der Waals surface area contributed by atoms with Crippen molar-refractivity contribution in [2.45, 2.75) is 19.8 Å². The fraction of sp³-hybridized carbons (Fsp3) is 0.375. The normalized spacial score (nSPS) is 24.6. The van der Waals surface area contributed by atoms with Gasteiger partial charge < -0.3 is 4.90 Å². The van der Waals surface area contributed by atoms with E-state index in [1.165, 1.54) is 30.3 Å². The minimum Gasteiger partial charge on any atom is -0.351 e. The second-order valence-electron chi connectivity index (χ2n) is 5.56. The molecule has 1 unspecified atom stereocenters. The summed E-state index contributed by atoms with van der Waals surface area (Å²) in [6, 6.07) is 6.11. The van der Waals surface area contributed by atoms with Crippen LogP contribution in [0, 0.1) is 11.7 Å². The van der Waals surface area contributed by atoms with Gasteiger partial charge >= 0.3 is 0 Å². The molecule has 2 heterocycles. The number of amides is 1. The van der Waals surface area contributed by atoms with E-state index in [1.807, 2.05) is 0 Å². The molecule has 110 valence electrons. The van der Waals surface area contributed by atoms with Gasteiger partial charge in [0.2, 0.25) is 0 Å². The highest BCUT2D eigenvalue weighted by Gasteiger charge is 2.28. The van der Waals surface area contributed by atoms with Gasteiger partial charge in [-0.3, -0.25) is 4.79 Å². The lowest BCUT2D eigenvalue weighted by Gasteiger charge is -2.31. The molecule has 0 aliphatic carbocycles. The largest absolute Gasteiger partial charge is 0.351 e. The standard InChI is InChI=1S/C16H17FN2OS/c1-11-3-2-8-19(10-11)16-18-15(20)14(21-16)9-12-4-6-13(17)7-5-12/h4-7,9,11H,2-3,8,10H2,1H3. The molecule has 5 heteroatoms. The molecule has 1 amide bonds. The van der Waals surface area contributed by atoms with E-state index >= 15 is 0 Å². The summed E-state index contributed by atoms with van der Waals surface area (Å²) in [7, 11) is 0. The van der Waals surface area contributed by atoms with Crippen molar-refractivity contribution in [2.75, 3.05) is 13.1 Å². The molecule has 1 fully saturated rings. The van der Waals surface area contributed by atoms with Gasteiger partial charge in [-0.15, -0.1) is 0 Å². The molecular formula is C16H17FN2OS. The van der Waals surface area contributed by atoms with E-state index in [0.29, 0.717) is 10.8 Å². The van der Waals surface area contributed by atoms with Gasteiger partial charge in [0.1, 0.15) is 5.82 Å². The van der Waals surface area contributed by atoms with Gasteiger partial charge in [0, 0.05) is 13.1 Å². The van der Waals surface area contributed by atoms with Crippen molar-refractivity contribution in [2.24, 2.45) is 10.9 Å². The first-order chi connectivity index (χ1) is 10.1. The maximum Gasteiger partial charge on any atom is 0.286 e. The quantitative estimate of drug-likeness (QED) is 0.744. The lowest BCUT2D eigenvalue weighted by Crippen LogP contribution is -2.37. The summed E-state index contributed by atoms with van der Waals surface area (Å²) < 4.78 is 12.9. The number of nitrogens with zero attached hydrogens (tertiary/aromatic N) is 2. The van der Waals surface area contributed by atoms with Gasteiger partial charge in [0.25, 0.3) is 5.91 Å². The zero-order valence-electron chi connectivity index (χ0n) is 11.9. The number of benzene rings is 1. The number of amidine groups is 1. The van der Waals surface area contributed by atoms with E-state index in [1.54, 1.807) is 18.2 Å². The Labute approximate surface area is 127 Å². The summed E-state index contributed by atoms with van der Waals surface area (Å²) in [6.45, 7) is 4.15. The molecule has 0 aromatic heterocycles. The van der Waals surface area contributed by atoms with Crippen LogP contribution in [0.5, 0.6) is 0 Å². The SMILES string of the molecule is CC1CCCN(C2=NC(=O)C(=Cc3ccc(F)cc3)S2)C1. The third-order valence-corrected chi connectivity index (χ3v) is 4.75. The van der Waals surface area contributed by atoms with Gasteiger partial charge in [-0.1, -0.05) is 19.1 Å². The number of thioether (sulfide) groups is 1. The molecule has 1 saturated heterocycles. The van der Waals surface area contributed by atoms with E-state index in [-0.39, 0.29) is 11.7 Å². The van der Waals surface area contributed by atoms with Crippen molar-refractivity contribution in [1.29, 1.82) is 0 Å². The Balaban J connectivity index is 1.73. The fourth-order valence-electron chi connectivity index (χ4n) is 2.61. The van der Waals surface area contributed by atoms with Crippen molar-refractivity contribution in [3.63, 3.8) is 0 Å². The number of piperidine rings is 1. The van der Waals surface area contributed by atoms with Crippen LogP contribution in [0.15, 0.2) is 34.2 Å². The lowest BCUT2D eigenvalue weighted by molar-refractivity contribution is -0.113. The second-order valence-corrected chi connectivity index (χ2v) is 6.56. The van der Waals surface area contributed by atoms with E-state index in [9.17, 15) is 9.18 Å². The monoisotopic (exact) mass is 304 g/mol. The number of carbonyl (C=O) groups is 1. The maximum absolute atomic E-state index is 12.9. The van der Waals surface area contributed by atoms with Gasteiger partial charge in [0.15, 0.2) is 5.17 Å². The molecule has 2 aliphatic heterocycles. The average Bonchev–Trinajstić information content (AvgIpc) is 2.83. The molecule has 2 aliphatic rings. The van der Waals surface area contributed by atoms with Crippen LogP contribution in [0.1, 0.15) is 25.3 Å². The Kier molecular flexibility index (Phi) is 4.10. The molecule has 0 radical (unpaired) electrons. The smallest absolute Gasteiger partial charge is 0.286 e. The van der Waals surface area contributed by atoms with Gasteiger partial charge in [0.05, 0.1) is 4.91 Å². The fourth-order valence-corrected chi connectivity index (χ4v) is 3.55. The van der Waals surface area contributed by atoms with Crippen LogP contribution >= 0.6 is 11.8 Å². The van der Waals surface area contributed by atoms with E-state index < -0.39 is 0 Å². The molecule has 1 atom stereocenters. The number of likely N-dealkylation sites (tertiary alicyclic amines) is 1. The van der Waals surface area contributed by atoms with E-state index in [0.717, 1.165) is 30.2 Å². The van der Waals surface area contributed by atoms with Gasteiger partial charge in [-0.2, -0.15) is 4.99 Å². The number of hydrogen-bond donors (Lipinski definition) is 0. The first kappa shape index (κ1) is 14.3. The number of rotatable bonds is 1. The molecule has 1 aromatic rings. The molecule has 3 rings (SSSR count). The predicted molar refractivity (Wildman–Crippen MR) is 84.4 cm³/mol. The first-order valence-electron chi connectivity index (χ1n) is 7.15. The minimum atomic E-state index is -0.276. The second kappa shape index (κ2) is 6.02. The van der Waals surface area contributed by atoms with Gasteiger partial charge in [-0.05, 0) is 54.3 Å². The van der Waals surface area contributed by atoms with Crippen LogP contribution in [-0.4, -0.2) is 29.1 Å². The summed E-state index contributed by atoms with van der Waals surface area (Å²) >= 11 is 1.42. The zero-order valence-corrected chi connectivity index (χ0v) is 12.7. The van der Waals surface area contributed by atoms with Crippen LogP contribution in [-0.2, 0) is 4.79 Å². The lowest BCUT2D eigenvalue weighted by atomic mass is 10.0. The van der Waals surface area contributed by atoms with Crippen molar-refractivity contribution < 1.29 is 9.18 Å². The summed E-state index contributed by atoms with van der Waals surface area (Å²) in [5.41, 5.74) is 0.815. The molecule has 1 aromatic carbocycles. The summed E-state index contributed by atoms with van der Waals surface area (Å²) in [6.07, 6.45) is 4.16. The van der Waals surface area contributed by atoms with Crippen molar-refractivity contribution in [3.05, 3.63) is 40.6 Å². The van der Waals surface area contributed by atoms with Crippen LogP contribution in [0.3, 0.4) is 0 Å². The Morgan fingerprint density at radius 2 is 2.14 bits per heavy atom. The highest BCUT2D eigenvalue weighted by molar-refractivity contribution is 8.18. The molecule has 0 saturated carbocycles. The Morgan fingerprint density at radius 1 is 1.38 bits per heavy atom. The third-order valence-electron chi connectivity index (χ3n) is 3.70. The Bertz CT molecular complexity index is 609. The third kappa shape index (κ3) is 3.35. The zero-order chi connectivity index (χ0) is 14.8. The number of aliphatic imine (C=N–C) groups is 1. The molecule has 21 heavy (non-hydrogen) atoms.